The van der Waals surface area contributed by atoms with Crippen LogP contribution in [0.25, 0.3) is 10.9 Å². The van der Waals surface area contributed by atoms with E-state index in [0.717, 1.165) is 31.7 Å². The van der Waals surface area contributed by atoms with Gasteiger partial charge in [0.25, 0.3) is 15.7 Å². The SMILES string of the molecule is COc1ccc(S(=O)(=O)n2cc(CN3CCN(C)CC3)c3cc([N+](=O)[O-])ccc32)c(Br)c1. The van der Waals surface area contributed by atoms with Gasteiger partial charge >= 0.3 is 0 Å². The lowest BCUT2D eigenvalue weighted by Crippen LogP contribution is -2.43. The van der Waals surface area contributed by atoms with Crippen molar-refractivity contribution < 1.29 is 18.1 Å². The highest BCUT2D eigenvalue weighted by atomic mass is 79.9. The van der Waals surface area contributed by atoms with Gasteiger partial charge in [-0.3, -0.25) is 15.0 Å². The average molecular weight is 523 g/mol. The molecule has 0 amide bonds. The number of halogens is 1. The Morgan fingerprint density at radius 2 is 1.84 bits per heavy atom. The third-order valence-electron chi connectivity index (χ3n) is 5.71. The van der Waals surface area contributed by atoms with Crippen molar-refractivity contribution in [2.24, 2.45) is 0 Å². The summed E-state index contributed by atoms with van der Waals surface area (Å²) in [5, 5.41) is 11.9. The Kier molecular flexibility index (Phi) is 6.26. The first kappa shape index (κ1) is 22.7. The molecule has 1 aromatic heterocycles. The second kappa shape index (κ2) is 8.81. The van der Waals surface area contributed by atoms with E-state index in [0.29, 0.717) is 27.7 Å². The number of non-ortho nitro benzene ring substituents is 1. The zero-order valence-corrected chi connectivity index (χ0v) is 20.1. The zero-order chi connectivity index (χ0) is 23.0. The predicted octanol–water partition coefficient (Wildman–Crippen LogP) is 3.31. The van der Waals surface area contributed by atoms with E-state index in [2.05, 4.69) is 32.8 Å². The second-order valence-corrected chi connectivity index (χ2v) is 10.4. The smallest absolute Gasteiger partial charge is 0.270 e. The van der Waals surface area contributed by atoms with E-state index in [-0.39, 0.29) is 10.6 Å². The minimum Gasteiger partial charge on any atom is -0.497 e. The van der Waals surface area contributed by atoms with Crippen molar-refractivity contribution in [3.8, 4) is 5.75 Å². The fourth-order valence-electron chi connectivity index (χ4n) is 3.86. The molecule has 0 saturated carbocycles. The van der Waals surface area contributed by atoms with Crippen LogP contribution in [0.2, 0.25) is 0 Å². The fourth-order valence-corrected chi connectivity index (χ4v) is 6.28. The maximum atomic E-state index is 13.6. The molecule has 170 valence electrons. The van der Waals surface area contributed by atoms with Crippen LogP contribution >= 0.6 is 15.9 Å². The van der Waals surface area contributed by atoms with Gasteiger partial charge in [0, 0.05) is 60.9 Å². The minimum atomic E-state index is -3.97. The second-order valence-electron chi connectivity index (χ2n) is 7.79. The summed E-state index contributed by atoms with van der Waals surface area (Å²) in [5.41, 5.74) is 1.07. The number of likely N-dealkylation sites (N-methyl/N-ethyl adjacent to an activating group) is 1. The number of methoxy groups -OCH3 is 1. The van der Waals surface area contributed by atoms with Crippen molar-refractivity contribution >= 4 is 42.5 Å². The largest absolute Gasteiger partial charge is 0.497 e. The van der Waals surface area contributed by atoms with Crippen molar-refractivity contribution in [2.45, 2.75) is 11.4 Å². The lowest BCUT2D eigenvalue weighted by atomic mass is 10.1. The van der Waals surface area contributed by atoms with Crippen molar-refractivity contribution in [3.63, 3.8) is 0 Å². The summed E-state index contributed by atoms with van der Waals surface area (Å²) in [6, 6.07) is 8.94. The molecule has 0 atom stereocenters. The van der Waals surface area contributed by atoms with Crippen LogP contribution in [-0.4, -0.2) is 67.4 Å². The number of nitrogens with zero attached hydrogens (tertiary/aromatic N) is 4. The molecule has 0 unspecified atom stereocenters. The molecule has 0 radical (unpaired) electrons. The molecule has 32 heavy (non-hydrogen) atoms. The normalized spacial score (nSPS) is 15.8. The number of piperazine rings is 1. The van der Waals surface area contributed by atoms with E-state index in [1.807, 2.05) is 0 Å². The molecule has 1 fully saturated rings. The first-order valence-electron chi connectivity index (χ1n) is 9.99. The Morgan fingerprint density at radius 1 is 1.12 bits per heavy atom. The van der Waals surface area contributed by atoms with Crippen LogP contribution in [0, 0.1) is 10.1 Å². The van der Waals surface area contributed by atoms with Crippen LogP contribution in [0.1, 0.15) is 5.56 Å². The summed E-state index contributed by atoms with van der Waals surface area (Å²) < 4.78 is 33.9. The zero-order valence-electron chi connectivity index (χ0n) is 17.7. The molecule has 1 aliphatic rings. The number of hydrogen-bond donors (Lipinski definition) is 0. The lowest BCUT2D eigenvalue weighted by Gasteiger charge is -2.32. The molecule has 0 aliphatic carbocycles. The Labute approximate surface area is 194 Å². The maximum Gasteiger partial charge on any atom is 0.270 e. The average Bonchev–Trinajstić information content (AvgIpc) is 3.13. The molecule has 9 nitrogen and oxygen atoms in total. The third-order valence-corrected chi connectivity index (χ3v) is 8.36. The van der Waals surface area contributed by atoms with Crippen molar-refractivity contribution in [3.05, 3.63) is 62.7 Å². The maximum absolute atomic E-state index is 13.6. The topological polar surface area (TPSA) is 97.9 Å². The summed E-state index contributed by atoms with van der Waals surface area (Å²) in [6.07, 6.45) is 1.58. The van der Waals surface area contributed by atoms with Gasteiger partial charge in [-0.1, -0.05) is 0 Å². The number of nitro benzene ring substituents is 1. The molecule has 0 spiro atoms. The van der Waals surface area contributed by atoms with Gasteiger partial charge in [-0.05, 0) is 52.8 Å². The molecular weight excluding hydrogens is 500 g/mol. The molecular formula is C21H23BrN4O5S. The highest BCUT2D eigenvalue weighted by Gasteiger charge is 2.26. The van der Waals surface area contributed by atoms with Gasteiger partial charge < -0.3 is 9.64 Å². The first-order valence-corrected chi connectivity index (χ1v) is 12.2. The molecule has 1 saturated heterocycles. The molecule has 1 aliphatic heterocycles. The van der Waals surface area contributed by atoms with Gasteiger partial charge in [0.2, 0.25) is 0 Å². The molecule has 2 heterocycles. The van der Waals surface area contributed by atoms with Gasteiger partial charge in [0.15, 0.2) is 0 Å². The summed E-state index contributed by atoms with van der Waals surface area (Å²) in [5.74, 6) is 0.527. The van der Waals surface area contributed by atoms with E-state index in [4.69, 9.17) is 4.74 Å². The third kappa shape index (κ3) is 4.25. The molecule has 4 rings (SSSR count). The molecule has 0 bridgehead atoms. The van der Waals surface area contributed by atoms with E-state index in [1.165, 1.54) is 35.3 Å². The highest BCUT2D eigenvalue weighted by Crippen LogP contribution is 2.33. The number of aromatic nitrogens is 1. The summed E-state index contributed by atoms with van der Waals surface area (Å²) >= 11 is 3.33. The number of rotatable bonds is 6. The Morgan fingerprint density at radius 3 is 2.47 bits per heavy atom. The number of nitro groups is 1. The first-order chi connectivity index (χ1) is 15.2. The number of fused-ring (bicyclic) bond motifs is 1. The van der Waals surface area contributed by atoms with Crippen molar-refractivity contribution in [1.29, 1.82) is 0 Å². The lowest BCUT2D eigenvalue weighted by molar-refractivity contribution is -0.384. The molecule has 0 N–H and O–H groups in total. The van der Waals surface area contributed by atoms with Gasteiger partial charge in [-0.2, -0.15) is 0 Å². The van der Waals surface area contributed by atoms with Crippen molar-refractivity contribution in [2.75, 3.05) is 40.3 Å². The summed E-state index contributed by atoms with van der Waals surface area (Å²) in [4.78, 5) is 15.4. The van der Waals surface area contributed by atoms with E-state index in [9.17, 15) is 18.5 Å². The quantitative estimate of drug-likeness (QED) is 0.361. The van der Waals surface area contributed by atoms with Gasteiger partial charge in [0.05, 0.1) is 17.5 Å². The Bertz CT molecular complexity index is 1280. The van der Waals surface area contributed by atoms with E-state index < -0.39 is 14.9 Å². The van der Waals surface area contributed by atoms with Crippen LogP contribution in [-0.2, 0) is 16.6 Å². The standard InChI is InChI=1S/C21H23BrN4O5S/c1-23-7-9-24(10-8-23)13-15-14-25(20-5-3-16(26(27)28)11-18(15)20)32(29,30)21-6-4-17(31-2)12-19(21)22/h3-6,11-12,14H,7-10,13H2,1-2H3. The van der Waals surface area contributed by atoms with Crippen LogP contribution in [0.15, 0.2) is 52.0 Å². The summed E-state index contributed by atoms with van der Waals surface area (Å²) in [6.45, 7) is 4.02. The number of benzene rings is 2. The van der Waals surface area contributed by atoms with Crippen LogP contribution in [0.5, 0.6) is 5.75 Å². The Hall–Kier alpha value is -2.47. The van der Waals surface area contributed by atoms with E-state index >= 15 is 0 Å². The molecule has 11 heteroatoms. The number of hydrogen-bond acceptors (Lipinski definition) is 7. The fraction of sp³-hybridized carbons (Fsp3) is 0.333. The minimum absolute atomic E-state index is 0.0714. The molecule has 3 aromatic rings. The van der Waals surface area contributed by atoms with Crippen LogP contribution in [0.4, 0.5) is 5.69 Å². The van der Waals surface area contributed by atoms with E-state index in [1.54, 1.807) is 18.3 Å². The Balaban J connectivity index is 1.83. The summed E-state index contributed by atoms with van der Waals surface area (Å²) in [7, 11) is -0.397. The van der Waals surface area contributed by atoms with Gasteiger partial charge in [-0.15, -0.1) is 0 Å². The highest BCUT2D eigenvalue weighted by molar-refractivity contribution is 9.10. The molecule has 2 aromatic carbocycles. The van der Waals surface area contributed by atoms with Crippen LogP contribution < -0.4 is 4.74 Å². The number of ether oxygens (including phenoxy) is 1. The van der Waals surface area contributed by atoms with Gasteiger partial charge in [-0.25, -0.2) is 12.4 Å². The monoisotopic (exact) mass is 522 g/mol. The van der Waals surface area contributed by atoms with Gasteiger partial charge in [0.1, 0.15) is 10.6 Å². The predicted molar refractivity (Wildman–Crippen MR) is 125 cm³/mol. The van der Waals surface area contributed by atoms with Crippen molar-refractivity contribution in [1.82, 2.24) is 13.8 Å². The van der Waals surface area contributed by atoms with Crippen LogP contribution in [0.3, 0.4) is 0 Å².